The van der Waals surface area contributed by atoms with Gasteiger partial charge in [0.1, 0.15) is 0 Å². The van der Waals surface area contributed by atoms with E-state index in [9.17, 15) is 4.57 Å². The van der Waals surface area contributed by atoms with Gasteiger partial charge in [-0.15, -0.1) is 0 Å². The summed E-state index contributed by atoms with van der Waals surface area (Å²) in [6, 6.07) is 0. The van der Waals surface area contributed by atoms with Crippen LogP contribution in [-0.2, 0) is 13.6 Å². The largest absolute Gasteiger partial charge is 0.320 e. The molecule has 0 unspecified atom stereocenters. The van der Waals surface area contributed by atoms with E-state index in [-0.39, 0.29) is 11.2 Å². The lowest BCUT2D eigenvalue weighted by atomic mass is 9.92. The number of hydrogen-bond acceptors (Lipinski definition) is 3. The van der Waals surface area contributed by atoms with Crippen molar-refractivity contribution >= 4 is 8.25 Å². The van der Waals surface area contributed by atoms with Crippen molar-refractivity contribution in [2.75, 3.05) is 0 Å². The molecule has 122 valence electrons. The van der Waals surface area contributed by atoms with Crippen LogP contribution in [0.3, 0.4) is 0 Å². The van der Waals surface area contributed by atoms with E-state index in [0.717, 1.165) is 51.4 Å². The summed E-state index contributed by atoms with van der Waals surface area (Å²) in [5, 5.41) is 0. The Balaban J connectivity index is 4.80. The molecule has 4 heteroatoms. The highest BCUT2D eigenvalue weighted by Gasteiger charge is 2.33. The van der Waals surface area contributed by atoms with Gasteiger partial charge in [-0.1, -0.05) is 54.4 Å². The highest BCUT2D eigenvalue weighted by Crippen LogP contribution is 2.44. The molecule has 0 fully saturated rings. The molecule has 0 radical (unpaired) electrons. The molecule has 0 rings (SSSR count). The first-order chi connectivity index (χ1) is 9.46. The fourth-order valence-electron chi connectivity index (χ4n) is 2.88. The third-order valence-corrected chi connectivity index (χ3v) is 5.79. The summed E-state index contributed by atoms with van der Waals surface area (Å²) in [6.07, 6.45) is 7.51. The summed E-state index contributed by atoms with van der Waals surface area (Å²) in [7, 11) is -2.44. The zero-order chi connectivity index (χ0) is 15.6. The summed E-state index contributed by atoms with van der Waals surface area (Å²) < 4.78 is 24.2. The molecular weight excluding hydrogens is 271 g/mol. The summed E-state index contributed by atoms with van der Waals surface area (Å²) in [4.78, 5) is 0. The van der Waals surface area contributed by atoms with E-state index in [0.29, 0.717) is 0 Å². The molecule has 0 heterocycles. The third-order valence-electron chi connectivity index (χ3n) is 4.59. The first kappa shape index (κ1) is 20.1. The first-order valence-electron chi connectivity index (χ1n) is 8.38. The van der Waals surface area contributed by atoms with Crippen LogP contribution in [0.15, 0.2) is 0 Å². The van der Waals surface area contributed by atoms with Gasteiger partial charge in [0.05, 0.1) is 11.2 Å². The van der Waals surface area contributed by atoms with Crippen LogP contribution in [0.2, 0.25) is 0 Å². The van der Waals surface area contributed by atoms with Gasteiger partial charge in [0.15, 0.2) is 0 Å². The average molecular weight is 306 g/mol. The van der Waals surface area contributed by atoms with Gasteiger partial charge in [-0.2, -0.15) is 0 Å². The second-order valence-electron chi connectivity index (χ2n) is 5.73. The minimum atomic E-state index is -2.44. The zero-order valence-electron chi connectivity index (χ0n) is 14.4. The molecule has 0 atom stereocenters. The van der Waals surface area contributed by atoms with Crippen LogP contribution in [0.5, 0.6) is 0 Å². The highest BCUT2D eigenvalue weighted by molar-refractivity contribution is 7.33. The first-order valence-corrected chi connectivity index (χ1v) is 9.61. The normalized spacial score (nSPS) is 13.2. The van der Waals surface area contributed by atoms with E-state index in [1.54, 1.807) is 0 Å². The van der Waals surface area contributed by atoms with E-state index < -0.39 is 8.25 Å². The molecule has 0 N–H and O–H groups in total. The fraction of sp³-hybridized carbons (Fsp3) is 1.00. The lowest BCUT2D eigenvalue weighted by Crippen LogP contribution is -2.32. The summed E-state index contributed by atoms with van der Waals surface area (Å²) in [6.45, 7) is 12.7. The SMILES string of the molecule is CCCC(CC)(CC)O[PH](=O)OC(CC)(CC)CCC. The molecule has 0 aliphatic rings. The number of rotatable bonds is 12. The Morgan fingerprint density at radius 3 is 1.20 bits per heavy atom. The van der Waals surface area contributed by atoms with Crippen LogP contribution in [0.4, 0.5) is 0 Å². The Labute approximate surface area is 126 Å². The Morgan fingerprint density at radius 2 is 1.00 bits per heavy atom. The van der Waals surface area contributed by atoms with Crippen molar-refractivity contribution in [2.24, 2.45) is 0 Å². The summed E-state index contributed by atoms with van der Waals surface area (Å²) >= 11 is 0. The van der Waals surface area contributed by atoms with Crippen LogP contribution < -0.4 is 0 Å². The molecule has 0 aromatic heterocycles. The van der Waals surface area contributed by atoms with Gasteiger partial charge in [0, 0.05) is 0 Å². The topological polar surface area (TPSA) is 35.5 Å². The van der Waals surface area contributed by atoms with Gasteiger partial charge in [-0.05, 0) is 38.5 Å². The van der Waals surface area contributed by atoms with Crippen LogP contribution in [0.25, 0.3) is 0 Å². The third kappa shape index (κ3) is 5.87. The Morgan fingerprint density at radius 1 is 0.700 bits per heavy atom. The standard InChI is InChI=1S/C16H35O3P/c1-7-13-15(9-3,10-4)18-20(17)19-16(11-5,12-6)14-8-2/h20H,7-14H2,1-6H3. The predicted molar refractivity (Wildman–Crippen MR) is 87.6 cm³/mol. The van der Waals surface area contributed by atoms with Crippen molar-refractivity contribution in [1.29, 1.82) is 0 Å². The van der Waals surface area contributed by atoms with Crippen molar-refractivity contribution in [1.82, 2.24) is 0 Å². The quantitative estimate of drug-likeness (QED) is 0.407. The lowest BCUT2D eigenvalue weighted by Gasteiger charge is -2.35. The second-order valence-corrected chi connectivity index (χ2v) is 6.64. The number of hydrogen-bond donors (Lipinski definition) is 0. The fourth-order valence-corrected chi connectivity index (χ4v) is 4.41. The average Bonchev–Trinajstić information content (AvgIpc) is 2.46. The molecule has 0 bridgehead atoms. The molecule has 0 aromatic rings. The molecule has 0 aromatic carbocycles. The monoisotopic (exact) mass is 306 g/mol. The Kier molecular flexibility index (Phi) is 10.0. The Hall–Kier alpha value is 0.150. The minimum absolute atomic E-state index is 0.274. The predicted octanol–water partition coefficient (Wildman–Crippen LogP) is 6.13. The van der Waals surface area contributed by atoms with Crippen molar-refractivity contribution < 1.29 is 13.6 Å². The Bertz CT molecular complexity index is 245. The molecule has 0 amide bonds. The molecule has 0 spiro atoms. The maximum atomic E-state index is 12.4. The van der Waals surface area contributed by atoms with Gasteiger partial charge in [-0.3, -0.25) is 4.57 Å². The van der Waals surface area contributed by atoms with Gasteiger partial charge in [0.2, 0.25) is 0 Å². The smallest absolute Gasteiger partial charge is 0.304 e. The van der Waals surface area contributed by atoms with E-state index >= 15 is 0 Å². The lowest BCUT2D eigenvalue weighted by molar-refractivity contribution is -0.00502. The zero-order valence-corrected chi connectivity index (χ0v) is 15.4. The van der Waals surface area contributed by atoms with Crippen LogP contribution in [0, 0.1) is 0 Å². The van der Waals surface area contributed by atoms with Crippen molar-refractivity contribution in [3.63, 3.8) is 0 Å². The molecule has 20 heavy (non-hydrogen) atoms. The van der Waals surface area contributed by atoms with Crippen LogP contribution in [-0.4, -0.2) is 11.2 Å². The highest BCUT2D eigenvalue weighted by atomic mass is 31.1. The minimum Gasteiger partial charge on any atom is -0.304 e. The van der Waals surface area contributed by atoms with Crippen molar-refractivity contribution in [2.45, 2.75) is 104 Å². The summed E-state index contributed by atoms with van der Waals surface area (Å²) in [5.74, 6) is 0. The molecule has 0 aliphatic heterocycles. The van der Waals surface area contributed by atoms with Gasteiger partial charge in [-0.25, -0.2) is 0 Å². The molecular formula is C16H35O3P. The van der Waals surface area contributed by atoms with Crippen molar-refractivity contribution in [3.05, 3.63) is 0 Å². The van der Waals surface area contributed by atoms with E-state index in [1.165, 1.54) is 0 Å². The van der Waals surface area contributed by atoms with Crippen LogP contribution >= 0.6 is 8.25 Å². The maximum absolute atomic E-state index is 12.4. The van der Waals surface area contributed by atoms with E-state index in [1.807, 2.05) is 0 Å². The van der Waals surface area contributed by atoms with Crippen molar-refractivity contribution in [3.8, 4) is 0 Å². The molecule has 0 aliphatic carbocycles. The maximum Gasteiger partial charge on any atom is 0.320 e. The molecule has 0 saturated heterocycles. The summed E-state index contributed by atoms with van der Waals surface area (Å²) in [5.41, 5.74) is -0.547. The van der Waals surface area contributed by atoms with Gasteiger partial charge in [0.25, 0.3) is 0 Å². The van der Waals surface area contributed by atoms with Gasteiger partial charge < -0.3 is 9.05 Å². The van der Waals surface area contributed by atoms with Crippen LogP contribution in [0.1, 0.15) is 92.9 Å². The molecule has 3 nitrogen and oxygen atoms in total. The van der Waals surface area contributed by atoms with Gasteiger partial charge >= 0.3 is 8.25 Å². The van der Waals surface area contributed by atoms with E-state index in [2.05, 4.69) is 41.5 Å². The van der Waals surface area contributed by atoms with E-state index in [4.69, 9.17) is 9.05 Å². The molecule has 0 saturated carbocycles. The second kappa shape index (κ2) is 9.97.